The predicted molar refractivity (Wildman–Crippen MR) is 43.8 cm³/mol. The highest BCUT2D eigenvalue weighted by atomic mass is 16.6. The first-order valence-electron chi connectivity index (χ1n) is 3.78. The third-order valence-electron chi connectivity index (χ3n) is 2.01. The highest BCUT2D eigenvalue weighted by Gasteiger charge is 2.15. The summed E-state index contributed by atoms with van der Waals surface area (Å²) < 4.78 is 0. The van der Waals surface area contributed by atoms with Gasteiger partial charge in [0.25, 0.3) is 5.69 Å². The zero-order valence-electron chi connectivity index (χ0n) is 6.41. The third-order valence-corrected chi connectivity index (χ3v) is 2.01. The molecule has 60 valence electrons. The summed E-state index contributed by atoms with van der Waals surface area (Å²) in [5, 5.41) is 10.4. The fourth-order valence-electron chi connectivity index (χ4n) is 1.40. The number of aryl methyl sites for hydroxylation is 1. The highest BCUT2D eigenvalue weighted by molar-refractivity contribution is 5.45. The van der Waals surface area contributed by atoms with E-state index in [0.717, 1.165) is 24.0 Å². The number of nitro groups is 1. The molecule has 0 heterocycles. The van der Waals surface area contributed by atoms with E-state index in [-0.39, 0.29) is 10.6 Å². The summed E-state index contributed by atoms with van der Waals surface area (Å²) in [6.07, 6.45) is 4.91. The van der Waals surface area contributed by atoms with E-state index in [1.807, 2.05) is 0 Å². The normalized spacial score (nSPS) is 14.3. The van der Waals surface area contributed by atoms with Crippen LogP contribution >= 0.6 is 0 Å². The Hall–Kier alpha value is -1.38. The summed E-state index contributed by atoms with van der Waals surface area (Å²) in [6.45, 7) is 0. The molecule has 0 amide bonds. The summed E-state index contributed by atoms with van der Waals surface area (Å²) in [5.41, 5.74) is 2.25. The van der Waals surface area contributed by atoms with Gasteiger partial charge in [-0.25, -0.2) is 0 Å². The lowest BCUT2D eigenvalue weighted by Gasteiger charge is -1.96. The summed E-state index contributed by atoms with van der Waals surface area (Å²) in [6, 6.07) is 4.92. The SMILES string of the molecule is O=[N+]([O-])c1ccc2c(c1)CC[C]2. The molecule has 0 bridgehead atoms. The van der Waals surface area contributed by atoms with Gasteiger partial charge >= 0.3 is 0 Å². The quantitative estimate of drug-likeness (QED) is 0.466. The molecule has 0 atom stereocenters. The molecule has 0 saturated carbocycles. The minimum absolute atomic E-state index is 0.178. The summed E-state index contributed by atoms with van der Waals surface area (Å²) in [5.74, 6) is 0. The lowest BCUT2D eigenvalue weighted by molar-refractivity contribution is -0.384. The first-order chi connectivity index (χ1) is 5.77. The Morgan fingerprint density at radius 1 is 1.50 bits per heavy atom. The molecule has 1 aliphatic rings. The molecule has 1 aromatic rings. The smallest absolute Gasteiger partial charge is 0.258 e. The summed E-state index contributed by atoms with van der Waals surface area (Å²) in [7, 11) is 0. The Bertz CT molecular complexity index is 333. The Morgan fingerprint density at radius 3 is 3.08 bits per heavy atom. The van der Waals surface area contributed by atoms with Crippen LogP contribution in [0, 0.1) is 16.5 Å². The molecule has 0 aliphatic heterocycles. The van der Waals surface area contributed by atoms with E-state index in [4.69, 9.17) is 0 Å². The Kier molecular flexibility index (Phi) is 1.57. The van der Waals surface area contributed by atoms with Gasteiger partial charge in [0.1, 0.15) is 0 Å². The molecule has 0 N–H and O–H groups in total. The van der Waals surface area contributed by atoms with Crippen LogP contribution in [0.25, 0.3) is 0 Å². The van der Waals surface area contributed by atoms with Crippen LogP contribution in [-0.2, 0) is 6.42 Å². The van der Waals surface area contributed by atoms with E-state index in [0.29, 0.717) is 0 Å². The topological polar surface area (TPSA) is 43.1 Å². The first kappa shape index (κ1) is 7.28. The lowest BCUT2D eigenvalue weighted by atomic mass is 10.1. The Balaban J connectivity index is 2.45. The van der Waals surface area contributed by atoms with E-state index in [1.165, 1.54) is 6.07 Å². The number of rotatable bonds is 1. The van der Waals surface area contributed by atoms with Crippen LogP contribution in [0.1, 0.15) is 17.5 Å². The molecule has 0 saturated heterocycles. The maximum atomic E-state index is 10.4. The molecular formula is C9H7NO2. The predicted octanol–water partition coefficient (Wildman–Crippen LogP) is 1.97. The zero-order valence-corrected chi connectivity index (χ0v) is 6.41. The maximum Gasteiger partial charge on any atom is 0.269 e. The number of non-ortho nitro benzene ring substituents is 1. The van der Waals surface area contributed by atoms with E-state index < -0.39 is 0 Å². The van der Waals surface area contributed by atoms with Crippen molar-refractivity contribution in [2.24, 2.45) is 0 Å². The van der Waals surface area contributed by atoms with Crippen LogP contribution in [0.4, 0.5) is 5.69 Å². The molecule has 0 spiro atoms. The van der Waals surface area contributed by atoms with Crippen LogP contribution in [0.2, 0.25) is 0 Å². The minimum Gasteiger partial charge on any atom is -0.258 e. The van der Waals surface area contributed by atoms with E-state index in [9.17, 15) is 10.1 Å². The van der Waals surface area contributed by atoms with Crippen molar-refractivity contribution in [2.45, 2.75) is 12.8 Å². The van der Waals surface area contributed by atoms with Gasteiger partial charge in [-0.15, -0.1) is 0 Å². The van der Waals surface area contributed by atoms with Gasteiger partial charge in [-0.2, -0.15) is 0 Å². The van der Waals surface area contributed by atoms with Crippen molar-refractivity contribution in [1.29, 1.82) is 0 Å². The van der Waals surface area contributed by atoms with E-state index >= 15 is 0 Å². The van der Waals surface area contributed by atoms with Gasteiger partial charge in [0.15, 0.2) is 0 Å². The molecule has 1 aromatic carbocycles. The Labute approximate surface area is 70.2 Å². The van der Waals surface area contributed by atoms with Crippen LogP contribution in [0.3, 0.4) is 0 Å². The minimum atomic E-state index is -0.362. The standard InChI is InChI=1S/C9H7NO2/c11-10(12)9-5-4-7-2-1-3-8(7)6-9/h4-6H,1,3H2. The first-order valence-corrected chi connectivity index (χ1v) is 3.78. The molecule has 0 unspecified atom stereocenters. The fourth-order valence-corrected chi connectivity index (χ4v) is 1.40. The van der Waals surface area contributed by atoms with Crippen LogP contribution in [0.15, 0.2) is 18.2 Å². The van der Waals surface area contributed by atoms with Crippen molar-refractivity contribution in [3.8, 4) is 0 Å². The van der Waals surface area contributed by atoms with Gasteiger partial charge < -0.3 is 0 Å². The molecule has 0 aromatic heterocycles. The summed E-state index contributed by atoms with van der Waals surface area (Å²) in [4.78, 5) is 10.0. The van der Waals surface area contributed by atoms with Gasteiger partial charge in [-0.3, -0.25) is 10.1 Å². The van der Waals surface area contributed by atoms with Gasteiger partial charge in [0.05, 0.1) is 4.92 Å². The zero-order chi connectivity index (χ0) is 8.55. The van der Waals surface area contributed by atoms with E-state index in [1.54, 1.807) is 12.1 Å². The van der Waals surface area contributed by atoms with Gasteiger partial charge in [0, 0.05) is 18.6 Å². The number of nitrogens with zero attached hydrogens (tertiary/aromatic N) is 1. The van der Waals surface area contributed by atoms with Crippen molar-refractivity contribution in [3.05, 3.63) is 45.9 Å². The molecule has 3 heteroatoms. The van der Waals surface area contributed by atoms with Gasteiger partial charge in [-0.1, -0.05) is 6.07 Å². The number of nitro benzene ring substituents is 1. The maximum absolute atomic E-state index is 10.4. The van der Waals surface area contributed by atoms with Crippen molar-refractivity contribution in [2.75, 3.05) is 0 Å². The van der Waals surface area contributed by atoms with Crippen molar-refractivity contribution in [1.82, 2.24) is 0 Å². The van der Waals surface area contributed by atoms with Crippen LogP contribution < -0.4 is 0 Å². The molecule has 2 rings (SSSR count). The molecule has 12 heavy (non-hydrogen) atoms. The average Bonchev–Trinajstić information content (AvgIpc) is 2.49. The van der Waals surface area contributed by atoms with Gasteiger partial charge in [0.2, 0.25) is 0 Å². The highest BCUT2D eigenvalue weighted by Crippen LogP contribution is 2.26. The molecule has 0 fully saturated rings. The van der Waals surface area contributed by atoms with Crippen LogP contribution in [0.5, 0.6) is 0 Å². The number of benzene rings is 1. The monoisotopic (exact) mass is 161 g/mol. The molecular weight excluding hydrogens is 154 g/mol. The molecule has 2 radical (unpaired) electrons. The second-order valence-corrected chi connectivity index (χ2v) is 2.78. The van der Waals surface area contributed by atoms with Crippen molar-refractivity contribution < 1.29 is 4.92 Å². The second-order valence-electron chi connectivity index (χ2n) is 2.78. The lowest BCUT2D eigenvalue weighted by Crippen LogP contribution is -1.89. The average molecular weight is 161 g/mol. The number of fused-ring (bicyclic) bond motifs is 1. The largest absolute Gasteiger partial charge is 0.269 e. The summed E-state index contributed by atoms with van der Waals surface area (Å²) >= 11 is 0. The van der Waals surface area contributed by atoms with Crippen LogP contribution in [-0.4, -0.2) is 4.92 Å². The molecule has 3 nitrogen and oxygen atoms in total. The van der Waals surface area contributed by atoms with Crippen molar-refractivity contribution in [3.63, 3.8) is 0 Å². The molecule has 1 aliphatic carbocycles. The number of hydrogen-bond acceptors (Lipinski definition) is 2. The van der Waals surface area contributed by atoms with Gasteiger partial charge in [-0.05, 0) is 24.0 Å². The van der Waals surface area contributed by atoms with Crippen molar-refractivity contribution >= 4 is 5.69 Å². The number of hydrogen-bond donors (Lipinski definition) is 0. The Morgan fingerprint density at radius 2 is 2.33 bits per heavy atom. The third kappa shape index (κ3) is 1.07. The second kappa shape index (κ2) is 2.59. The van der Waals surface area contributed by atoms with E-state index in [2.05, 4.69) is 6.42 Å². The fraction of sp³-hybridized carbons (Fsp3) is 0.222.